The molecule has 0 saturated carbocycles. The molecule has 0 atom stereocenters. The van der Waals surface area contributed by atoms with Crippen LogP contribution in [0.3, 0.4) is 0 Å². The first-order valence-corrected chi connectivity index (χ1v) is 7.73. The number of nitrogens with one attached hydrogen (secondary N) is 1. The zero-order chi connectivity index (χ0) is 16.3. The molecule has 1 N–H and O–H groups in total. The van der Waals surface area contributed by atoms with Crippen molar-refractivity contribution in [2.24, 2.45) is 0 Å². The fourth-order valence-electron chi connectivity index (χ4n) is 2.56. The average molecular weight is 410 g/mol. The summed E-state index contributed by atoms with van der Waals surface area (Å²) < 4.78 is 0. The summed E-state index contributed by atoms with van der Waals surface area (Å²) in [5, 5.41) is 2.53. The van der Waals surface area contributed by atoms with Crippen molar-refractivity contribution in [2.75, 3.05) is 0 Å². The Morgan fingerprint density at radius 2 is 1.56 bits per heavy atom. The van der Waals surface area contributed by atoms with Crippen molar-refractivity contribution in [3.8, 4) is 0 Å². The molecule has 1 aliphatic carbocycles. The minimum Gasteiger partial charge on any atom is -1.00 e. The van der Waals surface area contributed by atoms with Crippen LogP contribution in [0.5, 0.6) is 0 Å². The summed E-state index contributed by atoms with van der Waals surface area (Å²) in [4.78, 5) is 0. The van der Waals surface area contributed by atoms with Crippen LogP contribution in [-0.2, 0) is 21.7 Å². The molecule has 0 aromatic heterocycles. The quantitative estimate of drug-likeness (QED) is 0.486. The number of benzene rings is 2. The minimum atomic E-state index is -0.250. The van der Waals surface area contributed by atoms with Crippen molar-refractivity contribution >= 4 is 16.3 Å². The molecule has 0 bridgehead atoms. The van der Waals surface area contributed by atoms with Crippen LogP contribution in [0, 0.1) is 6.92 Å². The van der Waals surface area contributed by atoms with Crippen LogP contribution in [0.2, 0.25) is 0 Å². The molecule has 3 rings (SSSR count). The van der Waals surface area contributed by atoms with E-state index >= 15 is 0 Å². The van der Waals surface area contributed by atoms with Crippen LogP contribution in [0.15, 0.2) is 54.1 Å². The summed E-state index contributed by atoms with van der Waals surface area (Å²) in [5.74, 6) is 0. The summed E-state index contributed by atoms with van der Waals surface area (Å²) in [7, 11) is 0. The Balaban J connectivity index is 0. The molecule has 25 heavy (non-hydrogen) atoms. The summed E-state index contributed by atoms with van der Waals surface area (Å²) in [6.45, 7) is 12.0. The van der Waals surface area contributed by atoms with Crippen LogP contribution < -0.4 is 24.8 Å². The zero-order valence-electron chi connectivity index (χ0n) is 15.3. The average Bonchev–Trinajstić information content (AvgIpc) is 2.84. The minimum absolute atomic E-state index is 0. The predicted octanol–water partition coefficient (Wildman–Crippen LogP) is 0.598. The van der Waals surface area contributed by atoms with E-state index in [0.717, 1.165) is 12.0 Å². The Morgan fingerprint density at radius 3 is 2.08 bits per heavy atom. The summed E-state index contributed by atoms with van der Waals surface area (Å²) >= 11 is 0. The molecule has 0 fully saturated rings. The van der Waals surface area contributed by atoms with E-state index in [0.29, 0.717) is 0 Å². The maximum absolute atomic E-state index is 6.94. The molecule has 1 nitrogen and oxygen atoms in total. The third-order valence-corrected chi connectivity index (χ3v) is 3.53. The number of rotatable bonds is 1. The molecule has 1 aliphatic rings. The fraction of sp³-hybridized carbons (Fsp3) is 0.286. The smallest absolute Gasteiger partial charge is 1.00 e. The standard InChI is InChI=1S/C17H15.C4H10N.2ClH.Ti/c1-12-6-5-9-15(12)17-11-10-14-7-3-4-8-16(14)13(17)2;1-4(2,3)5;;;/h3-8,10-11H,2,9H2,1H3;5H,1-3H3;2*1H;/q2*-1;;;+2/p-2. The van der Waals surface area contributed by atoms with Gasteiger partial charge in [0, 0.05) is 0 Å². The number of fused-ring (bicyclic) bond motifs is 1. The van der Waals surface area contributed by atoms with E-state index in [2.05, 4.69) is 62.4 Å². The Kier molecular flexibility index (Phi) is 11.8. The largest absolute Gasteiger partial charge is 2.00 e. The third kappa shape index (κ3) is 7.60. The maximum atomic E-state index is 6.94. The Labute approximate surface area is 179 Å². The molecule has 0 saturated heterocycles. The van der Waals surface area contributed by atoms with Crippen molar-refractivity contribution in [3.63, 3.8) is 0 Å². The van der Waals surface area contributed by atoms with Crippen LogP contribution in [0.25, 0.3) is 22.1 Å². The molecular weight excluding hydrogens is 385 g/mol. The number of allylic oxidation sites excluding steroid dienone is 4. The molecule has 134 valence electrons. The number of hydrogen-bond acceptors (Lipinski definition) is 0. The first-order chi connectivity index (χ1) is 10.3. The fourth-order valence-corrected chi connectivity index (χ4v) is 2.56. The number of hydrogen-bond donors (Lipinski definition) is 0. The van der Waals surface area contributed by atoms with E-state index in [1.807, 2.05) is 20.8 Å². The van der Waals surface area contributed by atoms with Gasteiger partial charge in [0.25, 0.3) is 0 Å². The molecule has 0 radical (unpaired) electrons. The van der Waals surface area contributed by atoms with Crippen LogP contribution in [-0.4, -0.2) is 5.54 Å². The molecular formula is C21H25Cl2NTi-2. The van der Waals surface area contributed by atoms with Crippen molar-refractivity contribution in [1.82, 2.24) is 0 Å². The van der Waals surface area contributed by atoms with Gasteiger partial charge >= 0.3 is 21.7 Å². The van der Waals surface area contributed by atoms with Crippen LogP contribution >= 0.6 is 0 Å². The topological polar surface area (TPSA) is 23.8 Å². The van der Waals surface area contributed by atoms with Gasteiger partial charge in [-0.25, -0.2) is 0 Å². The van der Waals surface area contributed by atoms with E-state index in [9.17, 15) is 0 Å². The predicted molar refractivity (Wildman–Crippen MR) is 98.8 cm³/mol. The normalized spacial score (nSPS) is 12.5. The summed E-state index contributed by atoms with van der Waals surface area (Å²) in [6, 6.07) is 12.8. The van der Waals surface area contributed by atoms with Gasteiger partial charge < -0.3 is 30.5 Å². The number of halogens is 2. The summed E-state index contributed by atoms with van der Waals surface area (Å²) in [5.41, 5.74) is 11.9. The van der Waals surface area contributed by atoms with E-state index in [4.69, 9.17) is 5.73 Å². The van der Waals surface area contributed by atoms with Gasteiger partial charge in [0.2, 0.25) is 0 Å². The van der Waals surface area contributed by atoms with E-state index in [1.165, 1.54) is 27.5 Å². The Morgan fingerprint density at radius 1 is 1.00 bits per heavy atom. The van der Waals surface area contributed by atoms with Crippen molar-refractivity contribution < 1.29 is 46.5 Å². The van der Waals surface area contributed by atoms with Gasteiger partial charge in [-0.05, 0) is 13.3 Å². The second-order valence-electron chi connectivity index (χ2n) is 6.83. The van der Waals surface area contributed by atoms with Gasteiger partial charge in [0.1, 0.15) is 0 Å². The molecule has 2 aromatic carbocycles. The molecule has 0 unspecified atom stereocenters. The van der Waals surface area contributed by atoms with Crippen LogP contribution in [0.4, 0.5) is 0 Å². The zero-order valence-corrected chi connectivity index (χ0v) is 18.4. The van der Waals surface area contributed by atoms with Gasteiger partial charge in [0.15, 0.2) is 0 Å². The second kappa shape index (κ2) is 11.1. The van der Waals surface area contributed by atoms with Crippen LogP contribution in [0.1, 0.15) is 45.2 Å². The maximum Gasteiger partial charge on any atom is 2.00 e. The molecule has 4 heteroatoms. The van der Waals surface area contributed by atoms with Gasteiger partial charge in [-0.1, -0.05) is 73.7 Å². The monoisotopic (exact) mass is 409 g/mol. The molecule has 0 spiro atoms. The van der Waals surface area contributed by atoms with E-state index in [-0.39, 0.29) is 52.1 Å². The Bertz CT molecular complexity index is 737. The molecule has 0 heterocycles. The van der Waals surface area contributed by atoms with Crippen molar-refractivity contribution in [2.45, 2.75) is 39.7 Å². The molecule has 2 aromatic rings. The van der Waals surface area contributed by atoms with Gasteiger partial charge in [-0.15, -0.1) is 28.6 Å². The van der Waals surface area contributed by atoms with Gasteiger partial charge in [0.05, 0.1) is 0 Å². The Hall–Kier alpha value is -0.696. The van der Waals surface area contributed by atoms with Gasteiger partial charge in [-0.3, -0.25) is 0 Å². The van der Waals surface area contributed by atoms with Crippen molar-refractivity contribution in [3.05, 3.63) is 77.9 Å². The van der Waals surface area contributed by atoms with E-state index in [1.54, 1.807) is 0 Å². The summed E-state index contributed by atoms with van der Waals surface area (Å²) in [6.07, 6.45) is 5.45. The SMILES string of the molecule is CC(C)(C)[NH-].[CH2-]c1c(C2=C(C)C=CC2)ccc2ccccc12.[Cl-].[Cl-].[Ti+2]. The van der Waals surface area contributed by atoms with Crippen molar-refractivity contribution in [1.29, 1.82) is 0 Å². The molecule has 0 aliphatic heterocycles. The van der Waals surface area contributed by atoms with Gasteiger partial charge in [-0.2, -0.15) is 12.5 Å². The third-order valence-electron chi connectivity index (χ3n) is 3.53. The second-order valence-corrected chi connectivity index (χ2v) is 6.83. The molecule has 0 amide bonds. The first-order valence-electron chi connectivity index (χ1n) is 7.73. The first kappa shape index (κ1) is 26.5. The van der Waals surface area contributed by atoms with E-state index < -0.39 is 0 Å².